The van der Waals surface area contributed by atoms with Crippen molar-refractivity contribution in [3.05, 3.63) is 59.7 Å². The van der Waals surface area contributed by atoms with E-state index in [4.69, 9.17) is 18.9 Å². The van der Waals surface area contributed by atoms with Crippen molar-refractivity contribution in [1.82, 2.24) is 25.1 Å². The lowest BCUT2D eigenvalue weighted by Gasteiger charge is -2.11. The second-order valence-electron chi connectivity index (χ2n) is 7.72. The normalized spacial score (nSPS) is 10.7. The summed E-state index contributed by atoms with van der Waals surface area (Å²) in [6.07, 6.45) is 0. The van der Waals surface area contributed by atoms with Gasteiger partial charge in [-0.05, 0) is 49.2 Å². The molecular formula is C25H27N5O5. The van der Waals surface area contributed by atoms with Gasteiger partial charge in [0, 0.05) is 12.1 Å². The van der Waals surface area contributed by atoms with Crippen LogP contribution in [0.4, 0.5) is 0 Å². The Hall–Kier alpha value is -4.34. The van der Waals surface area contributed by atoms with Crippen LogP contribution in [0.15, 0.2) is 48.5 Å². The van der Waals surface area contributed by atoms with E-state index in [1.165, 1.54) is 0 Å². The molecule has 0 spiro atoms. The highest BCUT2D eigenvalue weighted by atomic mass is 16.5. The van der Waals surface area contributed by atoms with Gasteiger partial charge in [-0.3, -0.25) is 4.79 Å². The summed E-state index contributed by atoms with van der Waals surface area (Å²) >= 11 is 0. The fraction of sp³-hybridized carbons (Fsp3) is 0.280. The number of ether oxygens (including phenoxy) is 4. The maximum Gasteiger partial charge on any atom is 0.258 e. The summed E-state index contributed by atoms with van der Waals surface area (Å²) in [7, 11) is 3.16. The number of fused-ring (bicyclic) bond motifs is 1. The Morgan fingerprint density at radius 2 is 1.83 bits per heavy atom. The number of methoxy groups -OCH3 is 2. The van der Waals surface area contributed by atoms with Crippen molar-refractivity contribution in [3.63, 3.8) is 0 Å². The maximum atomic E-state index is 12.1. The predicted molar refractivity (Wildman–Crippen MR) is 129 cm³/mol. The number of benzene rings is 2. The maximum absolute atomic E-state index is 12.1. The molecule has 0 unspecified atom stereocenters. The Balaban J connectivity index is 1.35. The van der Waals surface area contributed by atoms with Gasteiger partial charge in [-0.2, -0.15) is 4.52 Å². The zero-order valence-corrected chi connectivity index (χ0v) is 20.1. The van der Waals surface area contributed by atoms with Crippen molar-refractivity contribution in [2.24, 2.45) is 0 Å². The second kappa shape index (κ2) is 10.7. The molecule has 0 atom stereocenters. The summed E-state index contributed by atoms with van der Waals surface area (Å²) in [5, 5.41) is 15.7. The molecule has 0 fully saturated rings. The summed E-state index contributed by atoms with van der Waals surface area (Å²) in [5.41, 5.74) is 3.40. The van der Waals surface area contributed by atoms with Gasteiger partial charge in [0.1, 0.15) is 23.9 Å². The van der Waals surface area contributed by atoms with E-state index in [0.717, 1.165) is 11.1 Å². The first-order valence-electron chi connectivity index (χ1n) is 11.0. The molecule has 2 heterocycles. The van der Waals surface area contributed by atoms with Crippen LogP contribution < -0.4 is 24.3 Å². The Labute approximate surface area is 202 Å². The Kier molecular flexibility index (Phi) is 7.30. The summed E-state index contributed by atoms with van der Waals surface area (Å²) in [4.78, 5) is 12.1. The number of hydrogen-bond acceptors (Lipinski definition) is 8. The SMILES string of the molecule is COc1ccc(-c2nnc3ccc(OCCNC(=O)COc4cccc(C)c4C)nn23)c(OC)c1. The van der Waals surface area contributed by atoms with Gasteiger partial charge in [0.05, 0.1) is 26.3 Å². The lowest BCUT2D eigenvalue weighted by Crippen LogP contribution is -2.32. The van der Waals surface area contributed by atoms with Crippen molar-refractivity contribution in [2.75, 3.05) is 34.0 Å². The molecule has 0 saturated carbocycles. The number of rotatable bonds is 10. The van der Waals surface area contributed by atoms with E-state index in [9.17, 15) is 4.79 Å². The number of hydrogen-bond donors (Lipinski definition) is 1. The second-order valence-corrected chi connectivity index (χ2v) is 7.72. The Morgan fingerprint density at radius 1 is 0.971 bits per heavy atom. The van der Waals surface area contributed by atoms with Crippen LogP contribution in [-0.4, -0.2) is 59.7 Å². The van der Waals surface area contributed by atoms with Crippen molar-refractivity contribution in [3.8, 4) is 34.5 Å². The van der Waals surface area contributed by atoms with Gasteiger partial charge in [-0.25, -0.2) is 0 Å². The van der Waals surface area contributed by atoms with Crippen LogP contribution in [0.25, 0.3) is 17.0 Å². The number of nitrogens with one attached hydrogen (secondary N) is 1. The van der Waals surface area contributed by atoms with Gasteiger partial charge in [0.25, 0.3) is 5.91 Å². The molecule has 10 nitrogen and oxygen atoms in total. The van der Waals surface area contributed by atoms with E-state index < -0.39 is 0 Å². The smallest absolute Gasteiger partial charge is 0.258 e. The highest BCUT2D eigenvalue weighted by Gasteiger charge is 2.16. The van der Waals surface area contributed by atoms with Crippen LogP contribution in [0.5, 0.6) is 23.1 Å². The van der Waals surface area contributed by atoms with Gasteiger partial charge in [-0.1, -0.05) is 12.1 Å². The summed E-state index contributed by atoms with van der Waals surface area (Å²) in [6.45, 7) is 4.43. The molecule has 0 radical (unpaired) electrons. The van der Waals surface area contributed by atoms with E-state index >= 15 is 0 Å². The number of carbonyl (C=O) groups excluding carboxylic acids is 1. The topological polar surface area (TPSA) is 109 Å². The quantitative estimate of drug-likeness (QED) is 0.347. The zero-order valence-electron chi connectivity index (χ0n) is 20.1. The molecular weight excluding hydrogens is 450 g/mol. The first-order valence-corrected chi connectivity index (χ1v) is 11.0. The molecule has 2 aromatic carbocycles. The Bertz CT molecular complexity index is 1340. The van der Waals surface area contributed by atoms with Crippen LogP contribution in [0, 0.1) is 13.8 Å². The third-order valence-corrected chi connectivity index (χ3v) is 5.48. The van der Waals surface area contributed by atoms with Gasteiger partial charge in [-0.15, -0.1) is 15.3 Å². The summed E-state index contributed by atoms with van der Waals surface area (Å²) in [5.74, 6) is 2.59. The monoisotopic (exact) mass is 477 g/mol. The molecule has 2 aromatic heterocycles. The van der Waals surface area contributed by atoms with E-state index in [1.807, 2.05) is 44.2 Å². The highest BCUT2D eigenvalue weighted by molar-refractivity contribution is 5.77. The minimum atomic E-state index is -0.231. The Morgan fingerprint density at radius 3 is 2.63 bits per heavy atom. The summed E-state index contributed by atoms with van der Waals surface area (Å²) in [6, 6.07) is 14.6. The number of carbonyl (C=O) groups is 1. The average Bonchev–Trinajstić information content (AvgIpc) is 3.30. The van der Waals surface area contributed by atoms with Crippen LogP contribution in [0.3, 0.4) is 0 Å². The molecule has 1 N–H and O–H groups in total. The van der Waals surface area contributed by atoms with Crippen LogP contribution >= 0.6 is 0 Å². The number of aryl methyl sites for hydroxylation is 1. The third kappa shape index (κ3) is 5.43. The molecule has 4 aromatic rings. The zero-order chi connectivity index (χ0) is 24.8. The fourth-order valence-corrected chi connectivity index (χ4v) is 3.42. The minimum absolute atomic E-state index is 0.0672. The van der Waals surface area contributed by atoms with Gasteiger partial charge < -0.3 is 24.3 Å². The lowest BCUT2D eigenvalue weighted by atomic mass is 10.1. The number of aromatic nitrogens is 4. The average molecular weight is 478 g/mol. The lowest BCUT2D eigenvalue weighted by molar-refractivity contribution is -0.123. The van der Waals surface area contributed by atoms with Crippen LogP contribution in [0.1, 0.15) is 11.1 Å². The molecule has 182 valence electrons. The number of amides is 1. The van der Waals surface area contributed by atoms with Gasteiger partial charge in [0.15, 0.2) is 18.1 Å². The van der Waals surface area contributed by atoms with E-state index in [2.05, 4.69) is 20.6 Å². The molecule has 35 heavy (non-hydrogen) atoms. The molecule has 0 saturated heterocycles. The summed E-state index contributed by atoms with van der Waals surface area (Å²) < 4.78 is 23.7. The van der Waals surface area contributed by atoms with E-state index in [-0.39, 0.29) is 19.1 Å². The molecule has 4 rings (SSSR count). The molecule has 0 aliphatic carbocycles. The van der Waals surface area contributed by atoms with Crippen molar-refractivity contribution in [2.45, 2.75) is 13.8 Å². The van der Waals surface area contributed by atoms with Gasteiger partial charge in [0.2, 0.25) is 5.88 Å². The van der Waals surface area contributed by atoms with Crippen molar-refractivity contribution in [1.29, 1.82) is 0 Å². The van der Waals surface area contributed by atoms with Crippen LogP contribution in [0.2, 0.25) is 0 Å². The first kappa shape index (κ1) is 23.8. The molecule has 0 bridgehead atoms. The fourth-order valence-electron chi connectivity index (χ4n) is 3.42. The molecule has 0 aliphatic heterocycles. The van der Waals surface area contributed by atoms with Crippen molar-refractivity contribution >= 4 is 11.6 Å². The van der Waals surface area contributed by atoms with E-state index in [0.29, 0.717) is 46.7 Å². The van der Waals surface area contributed by atoms with E-state index in [1.54, 1.807) is 36.9 Å². The predicted octanol–water partition coefficient (Wildman–Crippen LogP) is 3.00. The minimum Gasteiger partial charge on any atom is -0.497 e. The largest absolute Gasteiger partial charge is 0.497 e. The number of nitrogens with zero attached hydrogens (tertiary/aromatic N) is 4. The molecule has 1 amide bonds. The first-order chi connectivity index (χ1) is 17.0. The van der Waals surface area contributed by atoms with Crippen molar-refractivity contribution < 1.29 is 23.7 Å². The highest BCUT2D eigenvalue weighted by Crippen LogP contribution is 2.32. The molecule has 10 heteroatoms. The van der Waals surface area contributed by atoms with Crippen LogP contribution in [-0.2, 0) is 4.79 Å². The van der Waals surface area contributed by atoms with Gasteiger partial charge >= 0.3 is 0 Å². The standard InChI is InChI=1S/C25H27N5O5/c1-16-6-5-7-20(17(16)2)35-15-23(31)26-12-13-34-24-11-10-22-27-28-25(30(22)29-24)19-9-8-18(32-3)14-21(19)33-4/h5-11,14H,12-13,15H2,1-4H3,(H,26,31). The third-order valence-electron chi connectivity index (χ3n) is 5.48. The molecule has 0 aliphatic rings.